The largest absolute Gasteiger partial charge is 0.392 e. The van der Waals surface area contributed by atoms with Crippen molar-refractivity contribution in [3.05, 3.63) is 65.3 Å². The van der Waals surface area contributed by atoms with E-state index in [1.807, 2.05) is 4.90 Å². The molecule has 5 nitrogen and oxygen atoms in total. The van der Waals surface area contributed by atoms with Crippen molar-refractivity contribution in [3.63, 3.8) is 0 Å². The minimum Gasteiger partial charge on any atom is -0.392 e. The molecule has 0 heterocycles. The lowest BCUT2D eigenvalue weighted by Gasteiger charge is -2.29. The van der Waals surface area contributed by atoms with Gasteiger partial charge in [0.1, 0.15) is 0 Å². The molecule has 0 amide bonds. The molecule has 0 fully saturated rings. The lowest BCUT2D eigenvalue weighted by atomic mass is 10.0. The van der Waals surface area contributed by atoms with Gasteiger partial charge in [0.05, 0.1) is 16.0 Å². The van der Waals surface area contributed by atoms with Gasteiger partial charge in [0.15, 0.2) is 0 Å². The van der Waals surface area contributed by atoms with E-state index in [9.17, 15) is 10.1 Å². The topological polar surface area (TPSA) is 72.4 Å². The Hall–Kier alpha value is -2.05. The van der Waals surface area contributed by atoms with E-state index >= 15 is 0 Å². The molecule has 0 spiro atoms. The van der Waals surface area contributed by atoms with Crippen LogP contribution in [0.2, 0.25) is 0 Å². The van der Waals surface area contributed by atoms with Crippen molar-refractivity contribution in [3.8, 4) is 0 Å². The summed E-state index contributed by atoms with van der Waals surface area (Å²) < 4.78 is 0. The second-order valence-electron chi connectivity index (χ2n) is 4.19. The fourth-order valence-electron chi connectivity index (χ4n) is 1.98. The van der Waals surface area contributed by atoms with E-state index in [1.165, 1.54) is 12.1 Å². The average Bonchev–Trinajstić information content (AvgIpc) is 2.39. The summed E-state index contributed by atoms with van der Waals surface area (Å²) in [6, 6.07) is 5.93. The molecule has 0 aliphatic heterocycles. The van der Waals surface area contributed by atoms with Crippen molar-refractivity contribution in [2.75, 3.05) is 13.1 Å². The van der Waals surface area contributed by atoms with Crippen molar-refractivity contribution in [1.29, 1.82) is 0 Å². The van der Waals surface area contributed by atoms with Crippen LogP contribution < -0.4 is 5.73 Å². The minimum absolute atomic E-state index is 0.0147. The standard InChI is InChI=1S/C14H17N3O2S/c1-3-8-16(9-4-2)13(14(15)20)11-6-5-7-12(10-11)17(18)19/h3-7,10,13H,1-2,8-9H2,(H2,15,20). The van der Waals surface area contributed by atoms with E-state index in [2.05, 4.69) is 13.2 Å². The van der Waals surface area contributed by atoms with Crippen LogP contribution in [0.15, 0.2) is 49.6 Å². The van der Waals surface area contributed by atoms with E-state index < -0.39 is 4.92 Å². The summed E-state index contributed by atoms with van der Waals surface area (Å²) in [6.07, 6.45) is 3.46. The zero-order chi connectivity index (χ0) is 15.1. The zero-order valence-electron chi connectivity index (χ0n) is 11.1. The van der Waals surface area contributed by atoms with Crippen LogP contribution >= 0.6 is 12.2 Å². The molecule has 2 N–H and O–H groups in total. The van der Waals surface area contributed by atoms with Crippen molar-refractivity contribution in [2.24, 2.45) is 5.73 Å². The number of nitro groups is 1. The van der Waals surface area contributed by atoms with Crippen LogP contribution in [0.25, 0.3) is 0 Å². The molecule has 0 aliphatic carbocycles. The molecular weight excluding hydrogens is 274 g/mol. The Labute approximate surface area is 123 Å². The van der Waals surface area contributed by atoms with Crippen molar-refractivity contribution >= 4 is 22.9 Å². The molecule has 1 aromatic rings. The first-order chi connectivity index (χ1) is 9.51. The third-order valence-corrected chi connectivity index (χ3v) is 2.98. The van der Waals surface area contributed by atoms with Gasteiger partial charge in [0.2, 0.25) is 0 Å². The van der Waals surface area contributed by atoms with Gasteiger partial charge in [-0.15, -0.1) is 13.2 Å². The van der Waals surface area contributed by atoms with Crippen LogP contribution in [0, 0.1) is 10.1 Å². The highest BCUT2D eigenvalue weighted by Crippen LogP contribution is 2.24. The fraction of sp³-hybridized carbons (Fsp3) is 0.214. The summed E-state index contributed by atoms with van der Waals surface area (Å²) in [7, 11) is 0. The fourth-order valence-corrected chi connectivity index (χ4v) is 2.27. The highest BCUT2D eigenvalue weighted by atomic mass is 32.1. The predicted octanol–water partition coefficient (Wildman–Crippen LogP) is 2.60. The number of nitrogens with zero attached hydrogens (tertiary/aromatic N) is 2. The molecule has 0 aliphatic rings. The molecule has 1 aromatic carbocycles. The number of non-ortho nitro benzene ring substituents is 1. The van der Waals surface area contributed by atoms with Crippen LogP contribution in [0.4, 0.5) is 5.69 Å². The molecule has 0 aromatic heterocycles. The van der Waals surface area contributed by atoms with Crippen molar-refractivity contribution < 1.29 is 4.92 Å². The SMILES string of the molecule is C=CCN(CC=C)C(C(N)=S)c1cccc([N+](=O)[O-])c1. The zero-order valence-corrected chi connectivity index (χ0v) is 11.9. The summed E-state index contributed by atoms with van der Waals surface area (Å²) in [5, 5.41) is 10.9. The van der Waals surface area contributed by atoms with Gasteiger partial charge in [-0.25, -0.2) is 0 Å². The first kappa shape index (κ1) is 16.0. The Bertz CT molecular complexity index is 521. The monoisotopic (exact) mass is 291 g/mol. The number of hydrogen-bond acceptors (Lipinski definition) is 4. The normalized spacial score (nSPS) is 11.8. The molecule has 1 rings (SSSR count). The van der Waals surface area contributed by atoms with Gasteiger partial charge in [0, 0.05) is 25.2 Å². The van der Waals surface area contributed by atoms with Crippen LogP contribution in [-0.4, -0.2) is 27.9 Å². The summed E-state index contributed by atoms with van der Waals surface area (Å²) >= 11 is 5.11. The van der Waals surface area contributed by atoms with Gasteiger partial charge < -0.3 is 5.73 Å². The van der Waals surface area contributed by atoms with E-state index in [1.54, 1.807) is 24.3 Å². The quantitative estimate of drug-likeness (QED) is 0.345. The second kappa shape index (κ2) is 7.52. The number of nitrogens with two attached hydrogens (primary N) is 1. The van der Waals surface area contributed by atoms with E-state index in [0.29, 0.717) is 18.7 Å². The predicted molar refractivity (Wildman–Crippen MR) is 84.6 cm³/mol. The Balaban J connectivity index is 3.21. The maximum absolute atomic E-state index is 10.9. The van der Waals surface area contributed by atoms with Crippen LogP contribution in [0.1, 0.15) is 11.6 Å². The number of hydrogen-bond donors (Lipinski definition) is 1. The smallest absolute Gasteiger partial charge is 0.269 e. The first-order valence-electron chi connectivity index (χ1n) is 6.00. The van der Waals surface area contributed by atoms with E-state index in [-0.39, 0.29) is 16.7 Å². The molecule has 1 atom stereocenters. The van der Waals surface area contributed by atoms with Gasteiger partial charge in [0.25, 0.3) is 5.69 Å². The van der Waals surface area contributed by atoms with Crippen molar-refractivity contribution in [2.45, 2.75) is 6.04 Å². The highest BCUT2D eigenvalue weighted by Gasteiger charge is 2.23. The summed E-state index contributed by atoms with van der Waals surface area (Å²) in [5.74, 6) is 0. The molecule has 0 saturated heterocycles. The molecule has 20 heavy (non-hydrogen) atoms. The molecular formula is C14H17N3O2S. The molecule has 0 saturated carbocycles. The molecule has 0 radical (unpaired) electrons. The maximum atomic E-state index is 10.9. The van der Waals surface area contributed by atoms with Gasteiger partial charge in [-0.05, 0) is 5.56 Å². The van der Waals surface area contributed by atoms with Gasteiger partial charge in [-0.3, -0.25) is 15.0 Å². The Morgan fingerprint density at radius 2 is 2.05 bits per heavy atom. The molecule has 1 unspecified atom stereocenters. The lowest BCUT2D eigenvalue weighted by Crippen LogP contribution is -2.37. The number of nitro benzene ring substituents is 1. The van der Waals surface area contributed by atoms with E-state index in [0.717, 1.165) is 0 Å². The molecule has 0 bridgehead atoms. The maximum Gasteiger partial charge on any atom is 0.269 e. The van der Waals surface area contributed by atoms with E-state index in [4.69, 9.17) is 18.0 Å². The Kier molecular flexibility index (Phi) is 6.02. The molecule has 106 valence electrons. The summed E-state index contributed by atoms with van der Waals surface area (Å²) in [4.78, 5) is 12.6. The number of rotatable bonds is 8. The third-order valence-electron chi connectivity index (χ3n) is 2.76. The van der Waals surface area contributed by atoms with Crippen LogP contribution in [0.3, 0.4) is 0 Å². The number of benzene rings is 1. The lowest BCUT2D eigenvalue weighted by molar-refractivity contribution is -0.384. The third kappa shape index (κ3) is 3.97. The first-order valence-corrected chi connectivity index (χ1v) is 6.41. The highest BCUT2D eigenvalue weighted by molar-refractivity contribution is 7.80. The molecule has 6 heteroatoms. The summed E-state index contributed by atoms with van der Waals surface area (Å²) in [6.45, 7) is 8.50. The van der Waals surface area contributed by atoms with Crippen LogP contribution in [0.5, 0.6) is 0 Å². The van der Waals surface area contributed by atoms with Crippen LogP contribution in [-0.2, 0) is 0 Å². The van der Waals surface area contributed by atoms with Crippen molar-refractivity contribution in [1.82, 2.24) is 4.90 Å². The van der Waals surface area contributed by atoms with Gasteiger partial charge in [-0.1, -0.05) is 36.5 Å². The number of thiocarbonyl (C=S) groups is 1. The average molecular weight is 291 g/mol. The minimum atomic E-state index is -0.439. The Morgan fingerprint density at radius 1 is 1.45 bits per heavy atom. The second-order valence-corrected chi connectivity index (χ2v) is 4.66. The summed E-state index contributed by atoms with van der Waals surface area (Å²) in [5.41, 5.74) is 6.51. The van der Waals surface area contributed by atoms with Gasteiger partial charge >= 0.3 is 0 Å². The Morgan fingerprint density at radius 3 is 2.50 bits per heavy atom. The van der Waals surface area contributed by atoms with Gasteiger partial charge in [-0.2, -0.15) is 0 Å².